The first-order chi connectivity index (χ1) is 4.99. The smallest absolute Gasteiger partial charge is 0.153 e. The second kappa shape index (κ2) is 2.71. The molecule has 0 radical (unpaired) electrons. The summed E-state index contributed by atoms with van der Waals surface area (Å²) in [6.45, 7) is 1.64. The fraction of sp³-hybridized carbons (Fsp3) is 0.833. The van der Waals surface area contributed by atoms with Crippen molar-refractivity contribution in [3.05, 3.63) is 0 Å². The van der Waals surface area contributed by atoms with Crippen LogP contribution in [0.15, 0.2) is 0 Å². The fourth-order valence-corrected chi connectivity index (χ4v) is 3.00. The molecule has 11 heavy (non-hydrogen) atoms. The van der Waals surface area contributed by atoms with Crippen molar-refractivity contribution in [2.24, 2.45) is 11.7 Å². The van der Waals surface area contributed by atoms with Gasteiger partial charge in [-0.2, -0.15) is 0 Å². The van der Waals surface area contributed by atoms with Crippen LogP contribution in [-0.2, 0) is 9.84 Å². The lowest BCUT2D eigenvalue weighted by Crippen LogP contribution is -2.18. The molecular formula is C6H11NO2S2. The first-order valence-corrected chi connectivity index (χ1v) is 5.62. The molecule has 0 heterocycles. The number of nitrogens with two attached hydrogens (primary N) is 1. The van der Waals surface area contributed by atoms with Crippen LogP contribution < -0.4 is 5.73 Å². The first-order valence-electron chi connectivity index (χ1n) is 3.50. The molecular weight excluding hydrogens is 182 g/mol. The number of hydrogen-bond donors (Lipinski definition) is 1. The molecule has 0 aromatic rings. The molecule has 2 atom stereocenters. The SMILES string of the molecule is CCS(=O)(=O)[C@H]1C[C@@H]1C(N)=S. The van der Waals surface area contributed by atoms with Crippen molar-refractivity contribution >= 4 is 27.0 Å². The molecule has 1 aliphatic carbocycles. The van der Waals surface area contributed by atoms with Crippen molar-refractivity contribution in [2.75, 3.05) is 5.75 Å². The van der Waals surface area contributed by atoms with Crippen molar-refractivity contribution in [3.8, 4) is 0 Å². The summed E-state index contributed by atoms with van der Waals surface area (Å²) in [7, 11) is -2.89. The lowest BCUT2D eigenvalue weighted by atomic mass is 10.4. The monoisotopic (exact) mass is 193 g/mol. The van der Waals surface area contributed by atoms with Crippen molar-refractivity contribution in [2.45, 2.75) is 18.6 Å². The summed E-state index contributed by atoms with van der Waals surface area (Å²) in [6.07, 6.45) is 0.630. The van der Waals surface area contributed by atoms with Gasteiger partial charge >= 0.3 is 0 Å². The van der Waals surface area contributed by atoms with E-state index in [0.717, 1.165) is 0 Å². The molecule has 0 amide bonds. The average molecular weight is 193 g/mol. The summed E-state index contributed by atoms with van der Waals surface area (Å²) in [5.41, 5.74) is 5.31. The summed E-state index contributed by atoms with van der Waals surface area (Å²) in [5.74, 6) is 0.145. The van der Waals surface area contributed by atoms with Gasteiger partial charge in [-0.25, -0.2) is 8.42 Å². The Bertz CT molecular complexity index is 270. The quantitative estimate of drug-likeness (QED) is 0.646. The Morgan fingerprint density at radius 1 is 1.73 bits per heavy atom. The van der Waals surface area contributed by atoms with Crippen LogP contribution in [0.2, 0.25) is 0 Å². The van der Waals surface area contributed by atoms with Crippen LogP contribution in [0.25, 0.3) is 0 Å². The summed E-state index contributed by atoms with van der Waals surface area (Å²) in [4.78, 5) is 0.340. The molecule has 1 saturated carbocycles. The predicted octanol–water partition coefficient (Wildman–Crippen LogP) is 0.0957. The highest BCUT2D eigenvalue weighted by atomic mass is 32.2. The lowest BCUT2D eigenvalue weighted by molar-refractivity contribution is 0.595. The fourth-order valence-electron chi connectivity index (χ4n) is 1.08. The van der Waals surface area contributed by atoms with Gasteiger partial charge in [0.15, 0.2) is 9.84 Å². The van der Waals surface area contributed by atoms with Crippen molar-refractivity contribution in [3.63, 3.8) is 0 Å². The van der Waals surface area contributed by atoms with E-state index in [1.54, 1.807) is 6.92 Å². The van der Waals surface area contributed by atoms with Crippen molar-refractivity contribution in [1.29, 1.82) is 0 Å². The zero-order chi connectivity index (χ0) is 8.65. The second-order valence-electron chi connectivity index (χ2n) is 2.73. The average Bonchev–Trinajstić information content (AvgIpc) is 2.65. The molecule has 5 heteroatoms. The minimum absolute atomic E-state index is 0.0463. The topological polar surface area (TPSA) is 60.2 Å². The zero-order valence-electron chi connectivity index (χ0n) is 6.28. The Morgan fingerprint density at radius 3 is 2.55 bits per heavy atom. The summed E-state index contributed by atoms with van der Waals surface area (Å²) >= 11 is 4.69. The molecule has 0 aliphatic heterocycles. The number of sulfone groups is 1. The van der Waals surface area contributed by atoms with E-state index in [1.165, 1.54) is 0 Å². The van der Waals surface area contributed by atoms with Gasteiger partial charge in [-0.05, 0) is 6.42 Å². The zero-order valence-corrected chi connectivity index (χ0v) is 7.91. The van der Waals surface area contributed by atoms with Gasteiger partial charge in [0.1, 0.15) is 0 Å². The van der Waals surface area contributed by atoms with Crippen LogP contribution in [-0.4, -0.2) is 24.4 Å². The van der Waals surface area contributed by atoms with Crippen LogP contribution in [0.5, 0.6) is 0 Å². The number of rotatable bonds is 3. The van der Waals surface area contributed by atoms with Crippen LogP contribution in [0.3, 0.4) is 0 Å². The van der Waals surface area contributed by atoms with Crippen molar-refractivity contribution in [1.82, 2.24) is 0 Å². The van der Waals surface area contributed by atoms with Gasteiger partial charge in [0.25, 0.3) is 0 Å². The van der Waals surface area contributed by atoms with Gasteiger partial charge in [-0.1, -0.05) is 19.1 Å². The normalized spacial score (nSPS) is 29.9. The molecule has 0 unspecified atom stereocenters. The summed E-state index contributed by atoms with van der Waals surface area (Å²) < 4.78 is 22.3. The maximum Gasteiger partial charge on any atom is 0.153 e. The first kappa shape index (κ1) is 8.93. The maximum absolute atomic E-state index is 11.2. The van der Waals surface area contributed by atoms with Gasteiger partial charge in [-0.15, -0.1) is 0 Å². The van der Waals surface area contributed by atoms with Gasteiger partial charge in [-0.3, -0.25) is 0 Å². The highest BCUT2D eigenvalue weighted by molar-refractivity contribution is 7.92. The Hall–Kier alpha value is -0.160. The lowest BCUT2D eigenvalue weighted by Gasteiger charge is -1.97. The van der Waals surface area contributed by atoms with Crippen LogP contribution in [0.1, 0.15) is 13.3 Å². The number of hydrogen-bond acceptors (Lipinski definition) is 3. The van der Waals surface area contributed by atoms with Gasteiger partial charge in [0.2, 0.25) is 0 Å². The molecule has 3 nitrogen and oxygen atoms in total. The Labute approximate surface area is 71.9 Å². The molecule has 0 bridgehead atoms. The van der Waals surface area contributed by atoms with Crippen LogP contribution in [0, 0.1) is 5.92 Å². The van der Waals surface area contributed by atoms with Gasteiger partial charge < -0.3 is 5.73 Å². The third kappa shape index (κ3) is 1.70. The third-order valence-electron chi connectivity index (χ3n) is 1.96. The van der Waals surface area contributed by atoms with Crippen LogP contribution >= 0.6 is 12.2 Å². The molecule has 64 valence electrons. The maximum atomic E-state index is 11.2. The number of thiocarbonyl (C=S) groups is 1. The highest BCUT2D eigenvalue weighted by Crippen LogP contribution is 2.37. The molecule has 0 spiro atoms. The van der Waals surface area contributed by atoms with Crippen LogP contribution in [0.4, 0.5) is 0 Å². The Kier molecular flexibility index (Phi) is 2.20. The van der Waals surface area contributed by atoms with Crippen molar-refractivity contribution < 1.29 is 8.42 Å². The van der Waals surface area contributed by atoms with Gasteiger partial charge in [0.05, 0.1) is 10.2 Å². The summed E-state index contributed by atoms with van der Waals surface area (Å²) in [6, 6.07) is 0. The largest absolute Gasteiger partial charge is 0.393 e. The second-order valence-corrected chi connectivity index (χ2v) is 5.71. The van der Waals surface area contributed by atoms with E-state index >= 15 is 0 Å². The molecule has 1 fully saturated rings. The Balaban J connectivity index is 2.64. The summed E-state index contributed by atoms with van der Waals surface area (Å²) in [5, 5.41) is -0.273. The molecule has 2 N–H and O–H groups in total. The van der Waals surface area contributed by atoms with E-state index in [4.69, 9.17) is 5.73 Å². The minimum Gasteiger partial charge on any atom is -0.393 e. The van der Waals surface area contributed by atoms with Gasteiger partial charge in [0, 0.05) is 11.7 Å². The molecule has 0 aromatic carbocycles. The molecule has 1 aliphatic rings. The van der Waals surface area contributed by atoms with E-state index in [2.05, 4.69) is 12.2 Å². The third-order valence-corrected chi connectivity index (χ3v) is 4.51. The molecule has 0 saturated heterocycles. The molecule has 1 rings (SSSR count). The minimum atomic E-state index is -2.89. The van der Waals surface area contributed by atoms with E-state index in [0.29, 0.717) is 11.4 Å². The van der Waals surface area contributed by atoms with E-state index in [9.17, 15) is 8.42 Å². The van der Waals surface area contributed by atoms with E-state index in [1.807, 2.05) is 0 Å². The van der Waals surface area contributed by atoms with E-state index in [-0.39, 0.29) is 16.9 Å². The molecule has 0 aromatic heterocycles. The standard InChI is InChI=1S/C6H11NO2S2/c1-2-11(8,9)5-3-4(5)6(7)10/h4-5H,2-3H2,1H3,(H2,7,10)/t4-,5-/m0/s1. The van der Waals surface area contributed by atoms with E-state index < -0.39 is 9.84 Å². The highest BCUT2D eigenvalue weighted by Gasteiger charge is 2.47. The predicted molar refractivity (Wildman–Crippen MR) is 48.1 cm³/mol. The Morgan fingerprint density at radius 2 is 2.27 bits per heavy atom.